The van der Waals surface area contributed by atoms with Crippen LogP contribution in [0.4, 0.5) is 4.39 Å². The van der Waals surface area contributed by atoms with Gasteiger partial charge in [0.2, 0.25) is 0 Å². The van der Waals surface area contributed by atoms with Crippen molar-refractivity contribution in [2.75, 3.05) is 0 Å². The third kappa shape index (κ3) is 3.65. The van der Waals surface area contributed by atoms with Crippen molar-refractivity contribution < 1.29 is 14.3 Å². The maximum atomic E-state index is 13.3. The van der Waals surface area contributed by atoms with Crippen LogP contribution in [0.15, 0.2) is 53.0 Å². The van der Waals surface area contributed by atoms with E-state index in [1.165, 1.54) is 18.2 Å². The molecule has 0 bridgehead atoms. The molecule has 0 aliphatic heterocycles. The molecule has 3 nitrogen and oxygen atoms in total. The molecule has 0 heterocycles. The highest BCUT2D eigenvalue weighted by Crippen LogP contribution is 2.25. The van der Waals surface area contributed by atoms with E-state index >= 15 is 0 Å². The maximum Gasteiger partial charge on any atom is 0.325 e. The highest BCUT2D eigenvalue weighted by molar-refractivity contribution is 9.10. The Labute approximate surface area is 124 Å². The van der Waals surface area contributed by atoms with Crippen molar-refractivity contribution >= 4 is 21.9 Å². The van der Waals surface area contributed by atoms with Crippen LogP contribution < -0.4 is 5.32 Å². The molecule has 5 heteroatoms. The van der Waals surface area contributed by atoms with Gasteiger partial charge in [0.05, 0.1) is 0 Å². The molecule has 1 unspecified atom stereocenters. The van der Waals surface area contributed by atoms with Crippen LogP contribution in [0.25, 0.3) is 0 Å². The fraction of sp³-hybridized carbons (Fsp3) is 0.133. The number of nitrogens with one attached hydrogen (secondary N) is 1. The summed E-state index contributed by atoms with van der Waals surface area (Å²) >= 11 is 3.26. The lowest BCUT2D eigenvalue weighted by molar-refractivity contribution is -0.139. The van der Waals surface area contributed by atoms with Gasteiger partial charge in [-0.2, -0.15) is 0 Å². The Balaban J connectivity index is 2.19. The Morgan fingerprint density at radius 3 is 2.60 bits per heavy atom. The summed E-state index contributed by atoms with van der Waals surface area (Å²) in [4.78, 5) is 11.4. The number of carboxylic acids is 1. The number of carboxylic acid groups (broad SMARTS) is 1. The fourth-order valence-electron chi connectivity index (χ4n) is 1.88. The molecule has 0 saturated heterocycles. The van der Waals surface area contributed by atoms with E-state index in [-0.39, 0.29) is 0 Å². The van der Waals surface area contributed by atoms with Gasteiger partial charge >= 0.3 is 5.97 Å². The number of hydrogen-bond donors (Lipinski definition) is 2. The molecule has 2 N–H and O–H groups in total. The third-order valence-electron chi connectivity index (χ3n) is 2.87. The molecule has 0 fully saturated rings. The first-order valence-corrected chi connectivity index (χ1v) is 6.82. The topological polar surface area (TPSA) is 49.3 Å². The van der Waals surface area contributed by atoms with Crippen molar-refractivity contribution in [3.05, 3.63) is 69.9 Å². The molecule has 0 saturated carbocycles. The predicted molar refractivity (Wildman–Crippen MR) is 77.8 cm³/mol. The van der Waals surface area contributed by atoms with E-state index in [0.717, 1.165) is 5.56 Å². The summed E-state index contributed by atoms with van der Waals surface area (Å²) in [5, 5.41) is 12.2. The molecule has 2 aromatic carbocycles. The minimum atomic E-state index is -1.05. The lowest BCUT2D eigenvalue weighted by Gasteiger charge is -2.16. The average molecular weight is 338 g/mol. The number of hydrogen-bond acceptors (Lipinski definition) is 2. The minimum Gasteiger partial charge on any atom is -0.480 e. The second kappa shape index (κ2) is 6.63. The van der Waals surface area contributed by atoms with Gasteiger partial charge in [-0.25, -0.2) is 4.39 Å². The van der Waals surface area contributed by atoms with Gasteiger partial charge < -0.3 is 5.11 Å². The van der Waals surface area contributed by atoms with E-state index < -0.39 is 17.8 Å². The van der Waals surface area contributed by atoms with Crippen molar-refractivity contribution in [3.8, 4) is 0 Å². The monoisotopic (exact) mass is 337 g/mol. The molecular formula is C15H13BrFNO2. The Morgan fingerprint density at radius 2 is 1.95 bits per heavy atom. The first kappa shape index (κ1) is 14.7. The third-order valence-corrected chi connectivity index (χ3v) is 3.59. The number of aliphatic carboxylic acids is 1. The first-order chi connectivity index (χ1) is 9.58. The number of carbonyl (C=O) groups is 1. The van der Waals surface area contributed by atoms with Crippen LogP contribution in [0.3, 0.4) is 0 Å². The molecule has 104 valence electrons. The van der Waals surface area contributed by atoms with Crippen molar-refractivity contribution in [2.24, 2.45) is 0 Å². The average Bonchev–Trinajstić information content (AvgIpc) is 2.43. The van der Waals surface area contributed by atoms with Crippen LogP contribution in [0, 0.1) is 5.82 Å². The first-order valence-electron chi connectivity index (χ1n) is 6.03. The Hall–Kier alpha value is -1.72. The van der Waals surface area contributed by atoms with E-state index in [1.54, 1.807) is 0 Å². The zero-order valence-corrected chi connectivity index (χ0v) is 12.1. The number of halogens is 2. The van der Waals surface area contributed by atoms with Gasteiger partial charge in [-0.1, -0.05) is 46.3 Å². The zero-order valence-electron chi connectivity index (χ0n) is 10.5. The molecule has 0 aliphatic rings. The standard InChI is InChI=1S/C15H13BrFNO2/c16-13-7-6-11(17)8-12(13)14(15(19)20)18-9-10-4-2-1-3-5-10/h1-8,14,18H,9H2,(H,19,20). The van der Waals surface area contributed by atoms with E-state index in [4.69, 9.17) is 0 Å². The molecule has 2 rings (SSSR count). The molecule has 0 amide bonds. The van der Waals surface area contributed by atoms with Crippen molar-refractivity contribution in [1.29, 1.82) is 0 Å². The summed E-state index contributed by atoms with van der Waals surface area (Å²) in [6.07, 6.45) is 0. The molecule has 0 aliphatic carbocycles. The summed E-state index contributed by atoms with van der Waals surface area (Å²) in [6.45, 7) is 0.390. The van der Waals surface area contributed by atoms with Crippen LogP contribution in [0.2, 0.25) is 0 Å². The molecule has 20 heavy (non-hydrogen) atoms. The van der Waals surface area contributed by atoms with E-state index in [9.17, 15) is 14.3 Å². The lowest BCUT2D eigenvalue weighted by Crippen LogP contribution is -2.28. The van der Waals surface area contributed by atoms with Gasteiger partial charge in [-0.15, -0.1) is 0 Å². The molecule has 0 spiro atoms. The van der Waals surface area contributed by atoms with Gasteiger partial charge in [-0.05, 0) is 29.3 Å². The fourth-order valence-corrected chi connectivity index (χ4v) is 2.36. The summed E-state index contributed by atoms with van der Waals surface area (Å²) in [5.74, 6) is -1.51. The van der Waals surface area contributed by atoms with Crippen LogP contribution >= 0.6 is 15.9 Å². The summed E-state index contributed by atoms with van der Waals surface area (Å²) < 4.78 is 13.9. The van der Waals surface area contributed by atoms with Crippen LogP contribution in [-0.4, -0.2) is 11.1 Å². The van der Waals surface area contributed by atoms with E-state index in [2.05, 4.69) is 21.2 Å². The largest absolute Gasteiger partial charge is 0.480 e. The zero-order chi connectivity index (χ0) is 14.5. The van der Waals surface area contributed by atoms with Crippen LogP contribution in [-0.2, 0) is 11.3 Å². The Morgan fingerprint density at radius 1 is 1.25 bits per heavy atom. The Kier molecular flexibility index (Phi) is 4.87. The predicted octanol–water partition coefficient (Wildman–Crippen LogP) is 3.50. The molecular weight excluding hydrogens is 325 g/mol. The minimum absolute atomic E-state index is 0.369. The van der Waals surface area contributed by atoms with Gasteiger partial charge in [0, 0.05) is 11.0 Å². The van der Waals surface area contributed by atoms with Crippen LogP contribution in [0.1, 0.15) is 17.2 Å². The van der Waals surface area contributed by atoms with Gasteiger partial charge in [-0.3, -0.25) is 10.1 Å². The highest BCUT2D eigenvalue weighted by atomic mass is 79.9. The van der Waals surface area contributed by atoms with E-state index in [0.29, 0.717) is 16.6 Å². The van der Waals surface area contributed by atoms with Crippen molar-refractivity contribution in [2.45, 2.75) is 12.6 Å². The SMILES string of the molecule is O=C(O)C(NCc1ccccc1)c1cc(F)ccc1Br. The van der Waals surface area contributed by atoms with Crippen molar-refractivity contribution in [1.82, 2.24) is 5.32 Å². The van der Waals surface area contributed by atoms with Crippen LogP contribution in [0.5, 0.6) is 0 Å². The van der Waals surface area contributed by atoms with E-state index in [1.807, 2.05) is 30.3 Å². The second-order valence-electron chi connectivity index (χ2n) is 4.30. The van der Waals surface area contributed by atoms with Gasteiger partial charge in [0.25, 0.3) is 0 Å². The molecule has 0 radical (unpaired) electrons. The Bertz CT molecular complexity index is 604. The van der Waals surface area contributed by atoms with Crippen molar-refractivity contribution in [3.63, 3.8) is 0 Å². The molecule has 1 atom stereocenters. The molecule has 0 aromatic heterocycles. The summed E-state index contributed by atoms with van der Waals surface area (Å²) in [5.41, 5.74) is 1.33. The second-order valence-corrected chi connectivity index (χ2v) is 5.16. The number of rotatable bonds is 5. The lowest BCUT2D eigenvalue weighted by atomic mass is 10.1. The highest BCUT2D eigenvalue weighted by Gasteiger charge is 2.22. The molecule has 2 aromatic rings. The van der Waals surface area contributed by atoms with Gasteiger partial charge in [0.1, 0.15) is 11.9 Å². The maximum absolute atomic E-state index is 13.3. The summed E-state index contributed by atoms with van der Waals surface area (Å²) in [7, 11) is 0. The quantitative estimate of drug-likeness (QED) is 0.877. The number of benzene rings is 2. The summed E-state index contributed by atoms with van der Waals surface area (Å²) in [6, 6.07) is 12.5. The normalized spacial score (nSPS) is 12.1. The van der Waals surface area contributed by atoms with Gasteiger partial charge in [0.15, 0.2) is 0 Å². The smallest absolute Gasteiger partial charge is 0.325 e.